The fraction of sp³-hybridized carbons (Fsp3) is 0.0833. The zero-order valence-electron chi connectivity index (χ0n) is 46.8. The van der Waals surface area contributed by atoms with Crippen LogP contribution in [0.25, 0.3) is 72.7 Å². The monoisotopic (exact) mass is 1250 g/mol. The fourth-order valence-electron chi connectivity index (χ4n) is 13.7. The molecule has 0 unspecified atom stereocenters. The first kappa shape index (κ1) is 55.1. The molecule has 0 spiro atoms. The van der Waals surface area contributed by atoms with Gasteiger partial charge in [0.25, 0.3) is 11.4 Å². The molecule has 0 amide bonds. The molecule has 6 heterocycles. The van der Waals surface area contributed by atoms with Crippen molar-refractivity contribution in [2.24, 2.45) is 0 Å². The molecule has 0 saturated carbocycles. The summed E-state index contributed by atoms with van der Waals surface area (Å²) in [4.78, 5) is 8.54. The highest BCUT2D eigenvalue weighted by Gasteiger charge is 2.59. The molecule has 2 aliphatic carbocycles. The second-order valence-corrected chi connectivity index (χ2v) is 30.3. The van der Waals surface area contributed by atoms with Gasteiger partial charge in [-0.05, 0) is 97.5 Å². The van der Waals surface area contributed by atoms with Crippen molar-refractivity contribution in [1.82, 2.24) is 0 Å². The SMILES string of the molecule is [C-]#[N+]/C(C#N)=C1\C(=C\c2cc3sc4c(c3s2)C(c2ccc(C)cc2)(c2ccc(C)cc2)c2c(F)c3c(c(F)c2-4)C(c2ccc(C)cc2)(c2ccc(C)cc2)c2c-3sc3cc(C=C4/C(=C(\C#N)[N+]#[C-])c5ccccc5S4(=O)=O)sc23)S(=O)(=O)c2ccccc21. The van der Waals surface area contributed by atoms with Crippen LogP contribution in [0.5, 0.6) is 0 Å². The smallest absolute Gasteiger partial charge is 0.226 e. The number of hydrogen-bond acceptors (Lipinski definition) is 10. The molecule has 0 atom stereocenters. The Morgan fingerprint density at radius 3 is 1.10 bits per heavy atom. The van der Waals surface area contributed by atoms with Gasteiger partial charge in [0.1, 0.15) is 11.6 Å². The molecule has 4 aliphatic rings. The van der Waals surface area contributed by atoms with E-state index in [2.05, 4.69) is 9.69 Å². The van der Waals surface area contributed by atoms with Gasteiger partial charge in [0.05, 0.1) is 65.1 Å². The van der Waals surface area contributed by atoms with E-state index in [0.717, 1.165) is 22.3 Å². The van der Waals surface area contributed by atoms with Crippen LogP contribution in [0.1, 0.15) is 87.6 Å². The summed E-state index contributed by atoms with van der Waals surface area (Å²) in [5, 5.41) is 20.4. The van der Waals surface area contributed by atoms with E-state index in [1.807, 2.05) is 149 Å². The van der Waals surface area contributed by atoms with Gasteiger partial charge in [-0.2, -0.15) is 0 Å². The van der Waals surface area contributed by atoms with Gasteiger partial charge >= 0.3 is 0 Å². The van der Waals surface area contributed by atoms with Gasteiger partial charge in [-0.15, -0.1) is 45.3 Å². The molecule has 0 N–H and O–H groups in total. The topological polar surface area (TPSA) is 125 Å². The lowest BCUT2D eigenvalue weighted by Crippen LogP contribution is -2.32. The van der Waals surface area contributed by atoms with Crippen molar-refractivity contribution in [2.75, 3.05) is 0 Å². The number of aryl methyl sites for hydroxylation is 4. The quantitative estimate of drug-likeness (QED) is 0.121. The van der Waals surface area contributed by atoms with Crippen LogP contribution < -0.4 is 0 Å². The van der Waals surface area contributed by atoms with E-state index >= 15 is 8.78 Å². The number of thiophene rings is 4. The Hall–Kier alpha value is -9.46. The van der Waals surface area contributed by atoms with E-state index in [-0.39, 0.29) is 75.5 Å². The van der Waals surface area contributed by atoms with Crippen molar-refractivity contribution in [3.8, 4) is 33.0 Å². The zero-order valence-corrected chi connectivity index (χ0v) is 51.7. The Labute approximate surface area is 521 Å². The van der Waals surface area contributed by atoms with Crippen molar-refractivity contribution in [1.29, 1.82) is 10.5 Å². The van der Waals surface area contributed by atoms with Crippen LogP contribution in [0, 0.1) is 75.1 Å². The van der Waals surface area contributed by atoms with Crippen LogP contribution in [0.4, 0.5) is 8.78 Å². The largest absolute Gasteiger partial charge is 0.270 e. The first-order valence-electron chi connectivity index (χ1n) is 27.6. The third kappa shape index (κ3) is 7.30. The molecule has 0 saturated heterocycles. The van der Waals surface area contributed by atoms with Crippen LogP contribution >= 0.6 is 45.3 Å². The van der Waals surface area contributed by atoms with Crippen molar-refractivity contribution in [3.63, 3.8) is 0 Å². The molecule has 15 rings (SSSR count). The summed E-state index contributed by atoms with van der Waals surface area (Å²) >= 11 is 5.17. The number of halogens is 2. The van der Waals surface area contributed by atoms with E-state index in [0.29, 0.717) is 71.7 Å². The minimum absolute atomic E-state index is 0.0112. The third-order valence-corrected chi connectivity index (χ3v) is 25.9. The van der Waals surface area contributed by atoms with Crippen molar-refractivity contribution in [3.05, 3.63) is 301 Å². The van der Waals surface area contributed by atoms with Crippen LogP contribution in [0.2, 0.25) is 0 Å². The maximum Gasteiger partial charge on any atom is 0.270 e. The van der Waals surface area contributed by atoms with Crippen molar-refractivity contribution < 1.29 is 25.6 Å². The van der Waals surface area contributed by atoms with Crippen molar-refractivity contribution in [2.45, 2.75) is 48.3 Å². The Bertz CT molecular complexity index is 5100. The average Bonchev–Trinajstić information content (AvgIpc) is 1.48. The summed E-state index contributed by atoms with van der Waals surface area (Å²) in [5.41, 5.74) is 4.93. The molecular weight excluding hydrogens is 1220 g/mol. The molecular formula is C72H40F2N4O4S6. The third-order valence-electron chi connectivity index (χ3n) is 17.5. The molecule has 11 aromatic rings. The molecule has 0 bridgehead atoms. The van der Waals surface area contributed by atoms with E-state index in [9.17, 15) is 27.4 Å². The lowest BCUT2D eigenvalue weighted by Gasteiger charge is -2.36. The molecule has 16 heteroatoms. The fourth-order valence-corrected chi connectivity index (χ4v) is 22.7. The predicted octanol–water partition coefficient (Wildman–Crippen LogP) is 18.4. The van der Waals surface area contributed by atoms with E-state index in [4.69, 9.17) is 13.1 Å². The number of hydrogen-bond donors (Lipinski definition) is 0. The Kier molecular flexibility index (Phi) is 12.2. The number of fused-ring (bicyclic) bond motifs is 12. The lowest BCUT2D eigenvalue weighted by atomic mass is 9.65. The summed E-state index contributed by atoms with van der Waals surface area (Å²) in [6.07, 6.45) is 3.02. The Morgan fingerprint density at radius 2 is 0.795 bits per heavy atom. The summed E-state index contributed by atoms with van der Waals surface area (Å²) in [7, 11) is -8.44. The summed E-state index contributed by atoms with van der Waals surface area (Å²) in [6, 6.07) is 51.7. The molecule has 0 fully saturated rings. The predicted molar refractivity (Wildman–Crippen MR) is 348 cm³/mol. The Balaban J connectivity index is 1.06. The second kappa shape index (κ2) is 19.5. The number of nitriles is 2. The van der Waals surface area contributed by atoms with Crippen LogP contribution in [-0.4, -0.2) is 16.8 Å². The van der Waals surface area contributed by atoms with Crippen LogP contribution in [-0.2, 0) is 30.5 Å². The highest BCUT2D eigenvalue weighted by molar-refractivity contribution is 7.97. The van der Waals surface area contributed by atoms with Crippen LogP contribution in [0.15, 0.2) is 189 Å². The minimum atomic E-state index is -4.22. The van der Waals surface area contributed by atoms with Gasteiger partial charge in [0, 0.05) is 73.4 Å². The van der Waals surface area contributed by atoms with Crippen LogP contribution in [0.3, 0.4) is 0 Å². The van der Waals surface area contributed by atoms with Gasteiger partial charge in [-0.1, -0.05) is 156 Å². The van der Waals surface area contributed by atoms with Gasteiger partial charge < -0.3 is 0 Å². The zero-order chi connectivity index (χ0) is 61.1. The molecule has 88 heavy (non-hydrogen) atoms. The number of benzene rings is 7. The number of rotatable bonds is 6. The normalized spacial score (nSPS) is 17.8. The number of nitrogens with zero attached hydrogens (tertiary/aromatic N) is 4. The van der Waals surface area contributed by atoms with Crippen molar-refractivity contribution >= 4 is 107 Å². The molecule has 0 radical (unpaired) electrons. The maximum atomic E-state index is 20.4. The molecule has 2 aliphatic heterocycles. The summed E-state index contributed by atoms with van der Waals surface area (Å²) < 4.78 is 101. The highest BCUT2D eigenvalue weighted by Crippen LogP contribution is 2.70. The van der Waals surface area contributed by atoms with E-state index < -0.39 is 42.1 Å². The minimum Gasteiger partial charge on any atom is -0.226 e. The molecule has 4 aromatic heterocycles. The molecule has 8 nitrogen and oxygen atoms in total. The molecule has 422 valence electrons. The van der Waals surface area contributed by atoms with E-state index in [1.165, 1.54) is 69.6 Å². The first-order valence-corrected chi connectivity index (χ1v) is 33.8. The standard InChI is InChI=1S/C72H40F2N4O4S6/c1-37-15-23-41(24-16-37)71(42-25-17-38(2)18-26-42)61-59(69-63(71)67-51(85-69)31-45(83-67)33-55-57(49(35-75)77-5)47-11-7-9-13-53(47)87(55,79)80)66(74)62-60(65(61)73)70-64(72(62,43-27-19-39(3)20-28-43)44-29-21-40(4)22-30-44)68-52(86-70)32-46(84-68)34-56-58(50(36-76)78-6)48-12-8-10-14-54(48)88(56,81)82/h7-34H,1-4H3/b55-33-,56-34?,57-49-,58-50+. The first-order chi connectivity index (χ1) is 42.4. The maximum absolute atomic E-state index is 20.4. The molecule has 7 aromatic carbocycles. The highest BCUT2D eigenvalue weighted by atomic mass is 32.2. The van der Waals surface area contributed by atoms with Gasteiger partial charge in [0.2, 0.25) is 19.7 Å². The summed E-state index contributed by atoms with van der Waals surface area (Å²) in [5.74, 6) is -1.25. The van der Waals surface area contributed by atoms with Gasteiger partial charge in [0.15, 0.2) is 0 Å². The van der Waals surface area contributed by atoms with Gasteiger partial charge in [-0.3, -0.25) is 0 Å². The summed E-state index contributed by atoms with van der Waals surface area (Å²) in [6.45, 7) is 23.7. The van der Waals surface area contributed by atoms with E-state index in [1.54, 1.807) is 36.4 Å². The van der Waals surface area contributed by atoms with Gasteiger partial charge in [-0.25, -0.2) is 45.8 Å². The average molecular weight is 1260 g/mol. The second-order valence-electron chi connectivity index (χ2n) is 22.3. The lowest BCUT2D eigenvalue weighted by molar-refractivity contribution is 0.559. The number of sulfone groups is 2. The Morgan fingerprint density at radius 1 is 0.477 bits per heavy atom. The number of allylic oxidation sites excluding steroid dienone is 4.